The third-order valence-electron chi connectivity index (χ3n) is 4.46. The monoisotopic (exact) mass is 388 g/mol. The van der Waals surface area contributed by atoms with Crippen LogP contribution >= 0.6 is 23.2 Å². The van der Waals surface area contributed by atoms with Crippen LogP contribution in [0.5, 0.6) is 5.75 Å². The summed E-state index contributed by atoms with van der Waals surface area (Å²) in [6.07, 6.45) is 0.997. The van der Waals surface area contributed by atoms with Gasteiger partial charge in [0, 0.05) is 50.5 Å². The molecule has 1 aliphatic rings. The highest BCUT2D eigenvalue weighted by Gasteiger charge is 2.31. The van der Waals surface area contributed by atoms with Crippen LogP contribution in [0.15, 0.2) is 18.2 Å². The van der Waals surface area contributed by atoms with E-state index in [2.05, 4.69) is 18.7 Å². The molecule has 2 atom stereocenters. The lowest BCUT2D eigenvalue weighted by Crippen LogP contribution is -2.58. The van der Waals surface area contributed by atoms with E-state index < -0.39 is 0 Å². The molecule has 7 heteroatoms. The van der Waals surface area contributed by atoms with Gasteiger partial charge >= 0.3 is 0 Å². The van der Waals surface area contributed by atoms with E-state index in [4.69, 9.17) is 32.7 Å². The van der Waals surface area contributed by atoms with Crippen LogP contribution in [0, 0.1) is 0 Å². The van der Waals surface area contributed by atoms with Gasteiger partial charge in [0.1, 0.15) is 5.75 Å². The summed E-state index contributed by atoms with van der Waals surface area (Å²) in [5.74, 6) is 0.444. The SMILES string of the molecule is COCCCN1C(C)CN(C(=O)COc2ccc(Cl)cc2Cl)CC1C. The molecule has 0 bridgehead atoms. The zero-order chi connectivity index (χ0) is 18.4. The molecule has 0 spiro atoms. The molecule has 2 unspecified atom stereocenters. The highest BCUT2D eigenvalue weighted by Crippen LogP contribution is 2.27. The Hall–Kier alpha value is -1.01. The predicted octanol–water partition coefficient (Wildman–Crippen LogP) is 3.33. The van der Waals surface area contributed by atoms with Crippen molar-refractivity contribution in [2.45, 2.75) is 32.4 Å². The predicted molar refractivity (Wildman–Crippen MR) is 101 cm³/mol. The van der Waals surface area contributed by atoms with Gasteiger partial charge in [0.2, 0.25) is 0 Å². The van der Waals surface area contributed by atoms with Crippen molar-refractivity contribution in [1.29, 1.82) is 0 Å². The van der Waals surface area contributed by atoms with Gasteiger partial charge in [0.25, 0.3) is 5.91 Å². The third kappa shape index (κ3) is 5.74. The minimum absolute atomic E-state index is 0.0233. The molecule has 0 aromatic heterocycles. The first-order valence-corrected chi connectivity index (χ1v) is 9.28. The van der Waals surface area contributed by atoms with E-state index in [-0.39, 0.29) is 12.5 Å². The Kier molecular flexibility index (Phi) is 7.81. The van der Waals surface area contributed by atoms with Gasteiger partial charge in [-0.05, 0) is 38.5 Å². The summed E-state index contributed by atoms with van der Waals surface area (Å²) in [7, 11) is 1.72. The summed E-state index contributed by atoms with van der Waals surface area (Å²) in [6, 6.07) is 5.59. The smallest absolute Gasteiger partial charge is 0.260 e. The average molecular weight is 389 g/mol. The number of benzene rings is 1. The molecule has 0 radical (unpaired) electrons. The maximum Gasteiger partial charge on any atom is 0.260 e. The molecular weight excluding hydrogens is 363 g/mol. The van der Waals surface area contributed by atoms with Crippen molar-refractivity contribution in [3.63, 3.8) is 0 Å². The summed E-state index contributed by atoms with van der Waals surface area (Å²) < 4.78 is 10.7. The topological polar surface area (TPSA) is 42.0 Å². The second kappa shape index (κ2) is 9.62. The van der Waals surface area contributed by atoms with Crippen LogP contribution in [0.3, 0.4) is 0 Å². The van der Waals surface area contributed by atoms with Gasteiger partial charge in [-0.3, -0.25) is 9.69 Å². The Bertz CT molecular complexity index is 573. The zero-order valence-electron chi connectivity index (χ0n) is 15.0. The maximum atomic E-state index is 12.5. The number of ether oxygens (including phenoxy) is 2. The number of nitrogens with zero attached hydrogens (tertiary/aromatic N) is 2. The minimum atomic E-state index is -0.0266. The molecule has 0 aliphatic carbocycles. The number of carbonyl (C=O) groups is 1. The third-order valence-corrected chi connectivity index (χ3v) is 4.99. The number of carbonyl (C=O) groups excluding carboxylic acids is 1. The molecule has 140 valence electrons. The van der Waals surface area contributed by atoms with E-state index in [9.17, 15) is 4.79 Å². The van der Waals surface area contributed by atoms with Crippen molar-refractivity contribution in [2.24, 2.45) is 0 Å². The highest BCUT2D eigenvalue weighted by atomic mass is 35.5. The quantitative estimate of drug-likeness (QED) is 0.671. The van der Waals surface area contributed by atoms with Crippen LogP contribution in [-0.4, -0.2) is 67.7 Å². The molecule has 1 aromatic carbocycles. The Morgan fingerprint density at radius 2 is 1.92 bits per heavy atom. The molecule has 1 amide bonds. The largest absolute Gasteiger partial charge is 0.482 e. The summed E-state index contributed by atoms with van der Waals surface area (Å²) in [4.78, 5) is 16.8. The molecule has 25 heavy (non-hydrogen) atoms. The summed E-state index contributed by atoms with van der Waals surface area (Å²) in [5.41, 5.74) is 0. The lowest BCUT2D eigenvalue weighted by atomic mass is 10.1. The molecule has 1 aromatic rings. The van der Waals surface area contributed by atoms with Gasteiger partial charge < -0.3 is 14.4 Å². The fourth-order valence-electron chi connectivity index (χ4n) is 3.22. The molecule has 1 fully saturated rings. The fraction of sp³-hybridized carbons (Fsp3) is 0.611. The molecule has 0 saturated carbocycles. The summed E-state index contributed by atoms with van der Waals surface area (Å²) in [5, 5.41) is 0.945. The number of methoxy groups -OCH3 is 1. The van der Waals surface area contributed by atoms with E-state index in [0.29, 0.717) is 41.0 Å². The van der Waals surface area contributed by atoms with Crippen molar-refractivity contribution in [3.8, 4) is 5.75 Å². The van der Waals surface area contributed by atoms with E-state index in [1.807, 2.05) is 4.90 Å². The van der Waals surface area contributed by atoms with Gasteiger partial charge in [-0.2, -0.15) is 0 Å². The molecule has 1 heterocycles. The van der Waals surface area contributed by atoms with Crippen molar-refractivity contribution in [2.75, 3.05) is 40.0 Å². The van der Waals surface area contributed by atoms with Crippen LogP contribution < -0.4 is 4.74 Å². The Balaban J connectivity index is 1.86. The lowest BCUT2D eigenvalue weighted by Gasteiger charge is -2.44. The van der Waals surface area contributed by atoms with E-state index >= 15 is 0 Å². The molecule has 1 saturated heterocycles. The fourth-order valence-corrected chi connectivity index (χ4v) is 3.68. The van der Waals surface area contributed by atoms with Crippen LogP contribution in [0.4, 0.5) is 0 Å². The second-order valence-electron chi connectivity index (χ2n) is 6.44. The van der Waals surface area contributed by atoms with E-state index in [1.54, 1.807) is 25.3 Å². The maximum absolute atomic E-state index is 12.5. The second-order valence-corrected chi connectivity index (χ2v) is 7.29. The Morgan fingerprint density at radius 1 is 1.24 bits per heavy atom. The standard InChI is InChI=1S/C18H26Cl2N2O3/c1-13-10-21(11-14(2)22(13)7-4-8-24-3)18(23)12-25-17-6-5-15(19)9-16(17)20/h5-6,9,13-14H,4,7-8,10-12H2,1-3H3. The molecule has 0 N–H and O–H groups in total. The highest BCUT2D eigenvalue weighted by molar-refractivity contribution is 6.35. The van der Waals surface area contributed by atoms with Crippen molar-refractivity contribution < 1.29 is 14.3 Å². The zero-order valence-corrected chi connectivity index (χ0v) is 16.5. The van der Waals surface area contributed by atoms with Crippen molar-refractivity contribution >= 4 is 29.1 Å². The van der Waals surface area contributed by atoms with E-state index in [1.165, 1.54) is 0 Å². The number of halogens is 2. The van der Waals surface area contributed by atoms with Gasteiger partial charge in [0.05, 0.1) is 5.02 Å². The number of amides is 1. The molecule has 2 rings (SSSR count). The Labute approximate surface area is 159 Å². The average Bonchev–Trinajstić information content (AvgIpc) is 2.56. The van der Waals surface area contributed by atoms with Crippen LogP contribution in [0.2, 0.25) is 10.0 Å². The van der Waals surface area contributed by atoms with Crippen LogP contribution in [0.25, 0.3) is 0 Å². The van der Waals surface area contributed by atoms with Gasteiger partial charge in [-0.15, -0.1) is 0 Å². The molecular formula is C18H26Cl2N2O3. The first-order valence-electron chi connectivity index (χ1n) is 8.52. The Morgan fingerprint density at radius 3 is 2.52 bits per heavy atom. The molecule has 1 aliphatic heterocycles. The minimum Gasteiger partial charge on any atom is -0.482 e. The number of hydrogen-bond donors (Lipinski definition) is 0. The number of rotatable bonds is 7. The summed E-state index contributed by atoms with van der Waals surface area (Å²) >= 11 is 11.9. The van der Waals surface area contributed by atoms with Crippen LogP contribution in [0.1, 0.15) is 20.3 Å². The van der Waals surface area contributed by atoms with Crippen molar-refractivity contribution in [3.05, 3.63) is 28.2 Å². The van der Waals surface area contributed by atoms with Gasteiger partial charge in [-0.25, -0.2) is 0 Å². The van der Waals surface area contributed by atoms with Crippen LogP contribution in [-0.2, 0) is 9.53 Å². The number of piperazine rings is 1. The van der Waals surface area contributed by atoms with E-state index in [0.717, 1.165) is 19.6 Å². The summed E-state index contributed by atoms with van der Waals surface area (Å²) in [6.45, 7) is 7.43. The lowest BCUT2D eigenvalue weighted by molar-refractivity contribution is -0.137. The normalized spacial score (nSPS) is 21.4. The first-order chi connectivity index (χ1) is 11.9. The molecule has 5 nitrogen and oxygen atoms in total. The first kappa shape index (κ1) is 20.3. The van der Waals surface area contributed by atoms with Gasteiger partial charge in [-0.1, -0.05) is 23.2 Å². The van der Waals surface area contributed by atoms with Gasteiger partial charge in [0.15, 0.2) is 6.61 Å². The number of hydrogen-bond acceptors (Lipinski definition) is 4. The van der Waals surface area contributed by atoms with Crippen molar-refractivity contribution in [1.82, 2.24) is 9.80 Å².